The van der Waals surface area contributed by atoms with Gasteiger partial charge in [-0.15, -0.1) is 0 Å². The monoisotopic (exact) mass is 487 g/mol. The summed E-state index contributed by atoms with van der Waals surface area (Å²) in [5.41, 5.74) is 2.01. The number of aliphatic imine (C=N–C) groups is 1. The molecule has 0 fully saturated rings. The van der Waals surface area contributed by atoms with E-state index in [2.05, 4.69) is 10.1 Å². The van der Waals surface area contributed by atoms with E-state index in [0.717, 1.165) is 11.1 Å². The number of carbonyl (C=O) groups is 1. The van der Waals surface area contributed by atoms with Gasteiger partial charge >= 0.3 is 0 Å². The lowest BCUT2D eigenvalue weighted by atomic mass is 10.1. The molecule has 0 atom stereocenters. The van der Waals surface area contributed by atoms with E-state index in [1.54, 1.807) is 18.2 Å². The molecular weight excluding hydrogens is 470 g/mol. The SMILES string of the molecule is COc1ccc(-c2ccc(/C=C3/C(=N)N4N=C(c5cccc(C)c5)SC4=NC3=O)o2)c([N+](=O)[O-])c1. The molecule has 0 aliphatic carbocycles. The van der Waals surface area contributed by atoms with Crippen LogP contribution in [0.3, 0.4) is 0 Å². The highest BCUT2D eigenvalue weighted by Gasteiger charge is 2.36. The Morgan fingerprint density at radius 3 is 2.77 bits per heavy atom. The van der Waals surface area contributed by atoms with Crippen LogP contribution in [0.25, 0.3) is 17.4 Å². The van der Waals surface area contributed by atoms with Crippen molar-refractivity contribution in [1.82, 2.24) is 5.01 Å². The molecule has 0 bridgehead atoms. The van der Waals surface area contributed by atoms with Crippen molar-refractivity contribution in [2.75, 3.05) is 7.11 Å². The average molecular weight is 487 g/mol. The number of fused-ring (bicyclic) bond motifs is 1. The minimum atomic E-state index is -0.595. The fourth-order valence-electron chi connectivity index (χ4n) is 3.60. The summed E-state index contributed by atoms with van der Waals surface area (Å²) in [6.45, 7) is 1.97. The number of aryl methyl sites for hydroxylation is 1. The number of ether oxygens (including phenoxy) is 1. The summed E-state index contributed by atoms with van der Waals surface area (Å²) in [4.78, 5) is 27.8. The van der Waals surface area contributed by atoms with Crippen LogP contribution in [0.2, 0.25) is 0 Å². The van der Waals surface area contributed by atoms with Crippen molar-refractivity contribution in [2.24, 2.45) is 10.1 Å². The molecule has 0 radical (unpaired) electrons. The quantitative estimate of drug-likeness (QED) is 0.309. The van der Waals surface area contributed by atoms with E-state index in [1.165, 1.54) is 42.1 Å². The van der Waals surface area contributed by atoms with Crippen molar-refractivity contribution in [2.45, 2.75) is 6.92 Å². The molecule has 0 unspecified atom stereocenters. The fraction of sp³-hybridized carbons (Fsp3) is 0.0833. The number of nitrogens with zero attached hydrogens (tertiary/aromatic N) is 4. The molecule has 1 N–H and O–H groups in total. The fourth-order valence-corrected chi connectivity index (χ4v) is 4.49. The molecule has 174 valence electrons. The van der Waals surface area contributed by atoms with Gasteiger partial charge in [0, 0.05) is 5.56 Å². The standard InChI is InChI=1S/C24H17N5O5S/c1-13-4-3-5-14(10-13)23-27-28-21(25)18(22(30)26-24(28)35-23)11-16-7-9-20(34-16)17-8-6-15(33-2)12-19(17)29(31)32/h3-12,25H,1-2H3/b18-11-,25-21?. The van der Waals surface area contributed by atoms with E-state index in [1.807, 2.05) is 31.2 Å². The molecule has 2 aliphatic rings. The summed E-state index contributed by atoms with van der Waals surface area (Å²) < 4.78 is 10.8. The smallest absolute Gasteiger partial charge is 0.284 e. The molecule has 0 spiro atoms. The summed E-state index contributed by atoms with van der Waals surface area (Å²) in [7, 11) is 1.42. The van der Waals surface area contributed by atoms with Gasteiger partial charge in [-0.3, -0.25) is 20.3 Å². The van der Waals surface area contributed by atoms with Gasteiger partial charge in [0.05, 0.1) is 29.2 Å². The minimum absolute atomic E-state index is 0.00581. The van der Waals surface area contributed by atoms with Crippen molar-refractivity contribution < 1.29 is 18.9 Å². The van der Waals surface area contributed by atoms with Crippen molar-refractivity contribution in [3.8, 4) is 17.1 Å². The highest BCUT2D eigenvalue weighted by atomic mass is 32.2. The molecule has 3 heterocycles. The van der Waals surface area contributed by atoms with Crippen LogP contribution in [-0.2, 0) is 4.79 Å². The van der Waals surface area contributed by atoms with Crippen LogP contribution in [0.15, 0.2) is 74.7 Å². The molecule has 2 aliphatic heterocycles. The molecule has 10 nitrogen and oxygen atoms in total. The molecule has 1 aromatic heterocycles. The van der Waals surface area contributed by atoms with Crippen molar-refractivity contribution in [3.63, 3.8) is 0 Å². The third kappa shape index (κ3) is 4.13. The van der Waals surface area contributed by atoms with Gasteiger partial charge in [0.2, 0.25) is 5.17 Å². The minimum Gasteiger partial charge on any atom is -0.497 e. The van der Waals surface area contributed by atoms with Gasteiger partial charge in [-0.25, -0.2) is 0 Å². The highest BCUT2D eigenvalue weighted by molar-refractivity contribution is 8.27. The molecule has 3 aromatic rings. The Balaban J connectivity index is 1.46. The number of hydrogen-bond acceptors (Lipinski definition) is 8. The number of hydrogen-bond donors (Lipinski definition) is 1. The van der Waals surface area contributed by atoms with Crippen molar-refractivity contribution in [3.05, 3.63) is 87.2 Å². The number of benzene rings is 2. The first kappa shape index (κ1) is 22.3. The molecular formula is C24H17N5O5S. The van der Waals surface area contributed by atoms with E-state index < -0.39 is 10.8 Å². The maximum atomic E-state index is 12.7. The summed E-state index contributed by atoms with van der Waals surface area (Å²) in [6, 6.07) is 15.3. The van der Waals surface area contributed by atoms with E-state index in [4.69, 9.17) is 14.6 Å². The number of carbonyl (C=O) groups excluding carboxylic acids is 1. The number of rotatable bonds is 5. The zero-order valence-electron chi connectivity index (χ0n) is 18.5. The largest absolute Gasteiger partial charge is 0.497 e. The number of thioether (sulfide) groups is 1. The van der Waals surface area contributed by atoms with Crippen LogP contribution in [0.4, 0.5) is 5.69 Å². The maximum absolute atomic E-state index is 12.7. The van der Waals surface area contributed by atoms with E-state index in [0.29, 0.717) is 16.0 Å². The van der Waals surface area contributed by atoms with Crippen LogP contribution in [0.1, 0.15) is 16.9 Å². The van der Waals surface area contributed by atoms with Crippen LogP contribution in [0.5, 0.6) is 5.75 Å². The Morgan fingerprint density at radius 1 is 1.20 bits per heavy atom. The molecule has 35 heavy (non-hydrogen) atoms. The predicted octanol–water partition coefficient (Wildman–Crippen LogP) is 4.84. The van der Waals surface area contributed by atoms with Gasteiger partial charge in [-0.2, -0.15) is 15.1 Å². The second-order valence-corrected chi connectivity index (χ2v) is 8.59. The predicted molar refractivity (Wildman–Crippen MR) is 133 cm³/mol. The third-order valence-corrected chi connectivity index (χ3v) is 6.26. The molecule has 0 saturated carbocycles. The molecule has 5 rings (SSSR count). The maximum Gasteiger partial charge on any atom is 0.284 e. The van der Waals surface area contributed by atoms with Gasteiger partial charge in [0.25, 0.3) is 11.6 Å². The van der Waals surface area contributed by atoms with Gasteiger partial charge in [-0.1, -0.05) is 23.8 Å². The number of nitro groups is 1. The summed E-state index contributed by atoms with van der Waals surface area (Å²) in [5, 5.41) is 26.8. The lowest BCUT2D eigenvalue weighted by molar-refractivity contribution is -0.384. The highest BCUT2D eigenvalue weighted by Crippen LogP contribution is 2.35. The Labute approximate surface area is 203 Å². The van der Waals surface area contributed by atoms with Crippen LogP contribution in [-0.4, -0.2) is 39.0 Å². The summed E-state index contributed by atoms with van der Waals surface area (Å²) in [5.74, 6) is 0.0953. The molecule has 0 saturated heterocycles. The number of nitrogens with one attached hydrogen (secondary N) is 1. The Bertz CT molecular complexity index is 1500. The van der Waals surface area contributed by atoms with Crippen LogP contribution < -0.4 is 4.74 Å². The number of nitro benzene ring substituents is 1. The second-order valence-electron chi connectivity index (χ2n) is 7.64. The van der Waals surface area contributed by atoms with Gasteiger partial charge in [0.15, 0.2) is 5.84 Å². The van der Waals surface area contributed by atoms with Crippen molar-refractivity contribution in [1.29, 1.82) is 5.41 Å². The van der Waals surface area contributed by atoms with Crippen molar-refractivity contribution >= 4 is 45.5 Å². The number of hydrazone groups is 1. The van der Waals surface area contributed by atoms with E-state index >= 15 is 0 Å². The third-order valence-electron chi connectivity index (χ3n) is 5.30. The summed E-state index contributed by atoms with van der Waals surface area (Å²) in [6.07, 6.45) is 1.38. The Morgan fingerprint density at radius 2 is 2.03 bits per heavy atom. The zero-order chi connectivity index (χ0) is 24.7. The van der Waals surface area contributed by atoms with E-state index in [9.17, 15) is 14.9 Å². The Hall–Kier alpha value is -4.51. The van der Waals surface area contributed by atoms with Gasteiger partial charge in [0.1, 0.15) is 22.3 Å². The Kier molecular flexibility index (Phi) is 5.53. The first-order valence-corrected chi connectivity index (χ1v) is 11.2. The second kappa shape index (κ2) is 8.69. The first-order valence-electron chi connectivity index (χ1n) is 10.3. The van der Waals surface area contributed by atoms with Gasteiger partial charge in [-0.05, 0) is 55.1 Å². The summed E-state index contributed by atoms with van der Waals surface area (Å²) >= 11 is 1.22. The lowest BCUT2D eigenvalue weighted by Crippen LogP contribution is -2.35. The molecule has 1 amide bonds. The first-order chi connectivity index (χ1) is 16.8. The molecule has 2 aromatic carbocycles. The van der Waals surface area contributed by atoms with E-state index in [-0.39, 0.29) is 34.2 Å². The van der Waals surface area contributed by atoms with Gasteiger partial charge < -0.3 is 9.15 Å². The number of furan rings is 1. The topological polar surface area (TPSA) is 134 Å². The van der Waals surface area contributed by atoms with Crippen LogP contribution in [0, 0.1) is 22.4 Å². The lowest BCUT2D eigenvalue weighted by Gasteiger charge is -2.19. The number of amidine groups is 2. The average Bonchev–Trinajstić information content (AvgIpc) is 3.49. The molecule has 11 heteroatoms. The number of amides is 1. The van der Waals surface area contributed by atoms with Crippen LogP contribution >= 0.6 is 11.8 Å². The number of methoxy groups -OCH3 is 1. The zero-order valence-corrected chi connectivity index (χ0v) is 19.3. The normalized spacial score (nSPS) is 16.3.